The molecule has 0 amide bonds. The third-order valence-corrected chi connectivity index (χ3v) is 7.38. The van der Waals surface area contributed by atoms with Gasteiger partial charge in [-0.15, -0.1) is 54.1 Å². The van der Waals surface area contributed by atoms with E-state index in [1.165, 1.54) is 11.1 Å². The fourth-order valence-corrected chi connectivity index (χ4v) is 5.33. The zero-order valence-electron chi connectivity index (χ0n) is 25.0. The van der Waals surface area contributed by atoms with Crippen molar-refractivity contribution in [1.82, 2.24) is 15.0 Å². The topological polar surface area (TPSA) is 51.8 Å². The number of furan rings is 1. The Morgan fingerprint density at radius 1 is 0.698 bits per heavy atom. The molecule has 0 bridgehead atoms. The number of aryl methyl sites for hydroxylation is 2. The Morgan fingerprint density at radius 2 is 1.47 bits per heavy atom. The van der Waals surface area contributed by atoms with E-state index >= 15 is 0 Å². The molecule has 3 aromatic carbocycles. The maximum absolute atomic E-state index is 6.48. The van der Waals surface area contributed by atoms with Crippen LogP contribution < -0.4 is 0 Å². The molecule has 0 unspecified atom stereocenters. The predicted molar refractivity (Wildman–Crippen MR) is 172 cm³/mol. The molecule has 0 saturated carbocycles. The van der Waals surface area contributed by atoms with Gasteiger partial charge in [0.2, 0.25) is 0 Å². The number of aromatic nitrogens is 3. The zero-order valence-corrected chi connectivity index (χ0v) is 27.4. The van der Waals surface area contributed by atoms with Crippen LogP contribution in [0.1, 0.15) is 37.6 Å². The summed E-state index contributed by atoms with van der Waals surface area (Å²) in [5.41, 5.74) is 9.34. The first kappa shape index (κ1) is 30.3. The summed E-state index contributed by atoms with van der Waals surface area (Å²) in [5.74, 6) is 0. The van der Waals surface area contributed by atoms with Crippen molar-refractivity contribution in [3.8, 4) is 22.5 Å². The average Bonchev–Trinajstić information content (AvgIpc) is 3.39. The molecule has 43 heavy (non-hydrogen) atoms. The second-order valence-corrected chi connectivity index (χ2v) is 11.9. The number of hydrogen-bond donors (Lipinski definition) is 0. The van der Waals surface area contributed by atoms with Crippen molar-refractivity contribution in [2.24, 2.45) is 5.41 Å². The molecular formula is C38H33IrN3O-2. The summed E-state index contributed by atoms with van der Waals surface area (Å²) < 4.78 is 6.48. The van der Waals surface area contributed by atoms with E-state index < -0.39 is 0 Å². The van der Waals surface area contributed by atoms with E-state index in [1.54, 1.807) is 6.20 Å². The summed E-state index contributed by atoms with van der Waals surface area (Å²) in [7, 11) is 0. The van der Waals surface area contributed by atoms with Gasteiger partial charge in [0.05, 0.1) is 5.58 Å². The third-order valence-electron chi connectivity index (χ3n) is 7.38. The molecule has 0 aliphatic rings. The SMILES string of the molecule is Cc1cnc(-c2[c-]ccc3c2oc2c4ccnc(C)c4ccc32)cc1CC(C)(C)C.[Ir].[c-]1ccccc1-c1ccccn1. The summed E-state index contributed by atoms with van der Waals surface area (Å²) in [4.78, 5) is 13.4. The monoisotopic (exact) mass is 740 g/mol. The quantitative estimate of drug-likeness (QED) is 0.170. The molecule has 4 heterocycles. The molecule has 0 atom stereocenters. The Morgan fingerprint density at radius 3 is 2.21 bits per heavy atom. The van der Waals surface area contributed by atoms with Crippen molar-refractivity contribution in [2.75, 3.05) is 0 Å². The smallest absolute Gasteiger partial charge is 0.128 e. The van der Waals surface area contributed by atoms with Crippen LogP contribution in [0.2, 0.25) is 0 Å². The van der Waals surface area contributed by atoms with E-state index in [0.717, 1.165) is 67.3 Å². The predicted octanol–water partition coefficient (Wildman–Crippen LogP) is 9.75. The van der Waals surface area contributed by atoms with E-state index in [2.05, 4.69) is 74.1 Å². The van der Waals surface area contributed by atoms with E-state index in [9.17, 15) is 0 Å². The van der Waals surface area contributed by atoms with Gasteiger partial charge in [0, 0.05) is 60.5 Å². The number of pyridine rings is 3. The van der Waals surface area contributed by atoms with Gasteiger partial charge in [0.15, 0.2) is 0 Å². The van der Waals surface area contributed by atoms with Crippen LogP contribution in [0.5, 0.6) is 0 Å². The minimum absolute atomic E-state index is 0. The summed E-state index contributed by atoms with van der Waals surface area (Å²) in [6.45, 7) is 11.0. The van der Waals surface area contributed by atoms with Crippen LogP contribution in [0, 0.1) is 31.4 Å². The van der Waals surface area contributed by atoms with Crippen molar-refractivity contribution >= 4 is 32.7 Å². The van der Waals surface area contributed by atoms with E-state index in [1.807, 2.05) is 73.9 Å². The van der Waals surface area contributed by atoms with Gasteiger partial charge in [0.25, 0.3) is 0 Å². The van der Waals surface area contributed by atoms with Crippen molar-refractivity contribution < 1.29 is 24.5 Å². The van der Waals surface area contributed by atoms with Gasteiger partial charge in [-0.2, -0.15) is 0 Å². The Balaban J connectivity index is 0.000000238. The summed E-state index contributed by atoms with van der Waals surface area (Å²) in [6.07, 6.45) is 6.60. The maximum atomic E-state index is 6.48. The molecule has 0 aliphatic heterocycles. The summed E-state index contributed by atoms with van der Waals surface area (Å²) >= 11 is 0. The molecule has 7 aromatic rings. The number of nitrogens with zero attached hydrogens (tertiary/aromatic N) is 3. The van der Waals surface area contributed by atoms with E-state index in [4.69, 9.17) is 9.40 Å². The molecule has 0 aliphatic carbocycles. The van der Waals surface area contributed by atoms with Gasteiger partial charge in [-0.3, -0.25) is 4.98 Å². The largest absolute Gasteiger partial charge is 0.500 e. The molecule has 4 aromatic heterocycles. The van der Waals surface area contributed by atoms with Gasteiger partial charge in [-0.1, -0.05) is 67.6 Å². The first-order chi connectivity index (χ1) is 20.3. The number of fused-ring (bicyclic) bond motifs is 5. The molecule has 1 radical (unpaired) electrons. The van der Waals surface area contributed by atoms with Crippen LogP contribution in [-0.2, 0) is 26.5 Å². The van der Waals surface area contributed by atoms with Gasteiger partial charge >= 0.3 is 0 Å². The zero-order chi connectivity index (χ0) is 29.3. The van der Waals surface area contributed by atoms with Crippen LogP contribution in [0.15, 0.2) is 102 Å². The van der Waals surface area contributed by atoms with E-state index in [-0.39, 0.29) is 25.5 Å². The fraction of sp³-hybridized carbons (Fsp3) is 0.184. The molecular weight excluding hydrogens is 707 g/mol. The summed E-state index contributed by atoms with van der Waals surface area (Å²) in [5, 5.41) is 4.41. The molecule has 0 saturated heterocycles. The van der Waals surface area contributed by atoms with Gasteiger partial charge < -0.3 is 14.4 Å². The minimum Gasteiger partial charge on any atom is -0.500 e. The fourth-order valence-electron chi connectivity index (χ4n) is 5.33. The first-order valence-electron chi connectivity index (χ1n) is 14.2. The van der Waals surface area contributed by atoms with Crippen LogP contribution >= 0.6 is 0 Å². The van der Waals surface area contributed by atoms with Crippen molar-refractivity contribution in [2.45, 2.75) is 41.0 Å². The van der Waals surface area contributed by atoms with Crippen molar-refractivity contribution in [3.63, 3.8) is 0 Å². The van der Waals surface area contributed by atoms with Gasteiger partial charge in [0.1, 0.15) is 5.58 Å². The molecule has 7 rings (SSSR count). The third kappa shape index (κ3) is 6.44. The van der Waals surface area contributed by atoms with Crippen LogP contribution in [-0.4, -0.2) is 15.0 Å². The molecule has 0 fully saturated rings. The van der Waals surface area contributed by atoms with Crippen LogP contribution in [0.3, 0.4) is 0 Å². The van der Waals surface area contributed by atoms with Crippen LogP contribution in [0.25, 0.3) is 55.2 Å². The number of benzene rings is 3. The average molecular weight is 740 g/mol. The molecule has 217 valence electrons. The normalized spacial score (nSPS) is 11.3. The standard InChI is InChI=1S/C27H25N2O.C11H8N.Ir/c1-16-15-29-24(13-18(16)14-27(3,4)5)23-8-6-7-20-21-10-9-19-17(2)28-12-11-22(19)25(21)30-26(20)23;1-2-6-10(7-3-1)11-8-4-5-9-12-11;/h6-7,9-13,15H,14H2,1-5H3;1-6,8-9H;/q2*-1;. The Kier molecular flexibility index (Phi) is 8.87. The Hall–Kier alpha value is -4.18. The van der Waals surface area contributed by atoms with Crippen LogP contribution in [0.4, 0.5) is 0 Å². The molecule has 0 N–H and O–H groups in total. The first-order valence-corrected chi connectivity index (χ1v) is 14.2. The Labute approximate surface area is 266 Å². The van der Waals surface area contributed by atoms with E-state index in [0.29, 0.717) is 0 Å². The number of rotatable bonds is 3. The molecule has 0 spiro atoms. The van der Waals surface area contributed by atoms with Gasteiger partial charge in [-0.05, 0) is 54.8 Å². The minimum atomic E-state index is 0. The van der Waals surface area contributed by atoms with Crippen molar-refractivity contribution in [1.29, 1.82) is 0 Å². The maximum Gasteiger partial charge on any atom is 0.128 e. The van der Waals surface area contributed by atoms with Gasteiger partial charge in [-0.25, -0.2) is 0 Å². The molecule has 5 heteroatoms. The molecule has 4 nitrogen and oxygen atoms in total. The number of hydrogen-bond acceptors (Lipinski definition) is 4. The Bertz CT molecular complexity index is 1970. The van der Waals surface area contributed by atoms with Crippen molar-refractivity contribution in [3.05, 3.63) is 126 Å². The summed E-state index contributed by atoms with van der Waals surface area (Å²) in [6, 6.07) is 32.8. The second-order valence-electron chi connectivity index (χ2n) is 11.9. The second kappa shape index (κ2) is 12.6.